The molecule has 2 N–H and O–H groups in total. The normalized spacial score (nSPS) is 10.8. The average Bonchev–Trinajstić information content (AvgIpc) is 2.47. The van der Waals surface area contributed by atoms with Gasteiger partial charge in [-0.3, -0.25) is 4.79 Å². The van der Waals surface area contributed by atoms with Gasteiger partial charge in [-0.05, 0) is 25.1 Å². The van der Waals surface area contributed by atoms with Gasteiger partial charge < -0.3 is 10.3 Å². The van der Waals surface area contributed by atoms with E-state index in [0.717, 1.165) is 12.4 Å². The van der Waals surface area contributed by atoms with E-state index in [-0.39, 0.29) is 22.1 Å². The molecule has 5 nitrogen and oxygen atoms in total. The fourth-order valence-electron chi connectivity index (χ4n) is 1.98. The summed E-state index contributed by atoms with van der Waals surface area (Å²) in [5, 5.41) is 3.12. The molecule has 0 spiro atoms. The number of aromatic nitrogens is 3. The first kappa shape index (κ1) is 13.2. The number of halogens is 2. The van der Waals surface area contributed by atoms with Crippen LogP contribution >= 0.6 is 0 Å². The SMILES string of the molecule is Cc1ncc(F)c(Nc2ccc3c(=O)[nH]cc(F)c3c2)n1. The Kier molecular flexibility index (Phi) is 3.09. The number of aryl methyl sites for hydroxylation is 1. The summed E-state index contributed by atoms with van der Waals surface area (Å²) in [6, 6.07) is 4.44. The maximum absolute atomic E-state index is 13.7. The number of fused-ring (bicyclic) bond motifs is 1. The standard InChI is InChI=1S/C14H10F2N4O/c1-7-17-6-12(16)13(19-7)20-8-2-3-9-10(4-8)11(15)5-18-14(9)21/h2-6H,1H3,(H,18,21)(H,17,19,20). The van der Waals surface area contributed by atoms with Gasteiger partial charge in [0.05, 0.1) is 11.6 Å². The first-order valence-corrected chi connectivity index (χ1v) is 6.12. The van der Waals surface area contributed by atoms with Crippen LogP contribution in [0.3, 0.4) is 0 Å². The number of nitrogens with one attached hydrogen (secondary N) is 2. The fourth-order valence-corrected chi connectivity index (χ4v) is 1.98. The lowest BCUT2D eigenvalue weighted by Gasteiger charge is -2.08. The van der Waals surface area contributed by atoms with E-state index in [0.29, 0.717) is 11.5 Å². The maximum atomic E-state index is 13.7. The van der Waals surface area contributed by atoms with Crippen LogP contribution in [0.4, 0.5) is 20.3 Å². The second kappa shape index (κ2) is 4.93. The molecule has 0 aliphatic heterocycles. The summed E-state index contributed by atoms with van der Waals surface area (Å²) in [6.07, 6.45) is 2.04. The number of nitrogens with zero attached hydrogens (tertiary/aromatic N) is 2. The van der Waals surface area contributed by atoms with Gasteiger partial charge in [0.2, 0.25) is 0 Å². The summed E-state index contributed by atoms with van der Waals surface area (Å²) in [5.41, 5.74) is 0.0333. The first-order valence-electron chi connectivity index (χ1n) is 6.12. The molecule has 0 aliphatic rings. The highest BCUT2D eigenvalue weighted by Crippen LogP contribution is 2.22. The smallest absolute Gasteiger partial charge is 0.256 e. The van der Waals surface area contributed by atoms with Crippen molar-refractivity contribution in [2.24, 2.45) is 0 Å². The number of aromatic amines is 1. The van der Waals surface area contributed by atoms with Crippen molar-refractivity contribution in [1.82, 2.24) is 15.0 Å². The fraction of sp³-hybridized carbons (Fsp3) is 0.0714. The van der Waals surface area contributed by atoms with Crippen molar-refractivity contribution in [2.45, 2.75) is 6.92 Å². The van der Waals surface area contributed by atoms with Gasteiger partial charge in [-0.25, -0.2) is 18.7 Å². The highest BCUT2D eigenvalue weighted by atomic mass is 19.1. The van der Waals surface area contributed by atoms with Gasteiger partial charge in [0.1, 0.15) is 11.6 Å². The van der Waals surface area contributed by atoms with E-state index in [4.69, 9.17) is 0 Å². The summed E-state index contributed by atoms with van der Waals surface area (Å²) in [6.45, 7) is 1.63. The Balaban J connectivity index is 2.08. The third kappa shape index (κ3) is 2.45. The molecule has 7 heteroatoms. The lowest BCUT2D eigenvalue weighted by atomic mass is 10.1. The van der Waals surface area contributed by atoms with E-state index in [1.807, 2.05) is 0 Å². The van der Waals surface area contributed by atoms with Crippen LogP contribution in [-0.4, -0.2) is 15.0 Å². The molecule has 0 atom stereocenters. The monoisotopic (exact) mass is 288 g/mol. The molecule has 0 fully saturated rings. The molecular formula is C14H10F2N4O. The topological polar surface area (TPSA) is 70.7 Å². The second-order valence-corrected chi connectivity index (χ2v) is 4.46. The molecule has 106 valence electrons. The first-order chi connectivity index (χ1) is 10.0. The molecule has 1 aromatic carbocycles. The highest BCUT2D eigenvalue weighted by Gasteiger charge is 2.08. The van der Waals surface area contributed by atoms with Crippen molar-refractivity contribution < 1.29 is 8.78 Å². The quantitative estimate of drug-likeness (QED) is 0.760. The minimum absolute atomic E-state index is 0.00732. The van der Waals surface area contributed by atoms with Crippen LogP contribution < -0.4 is 10.9 Å². The van der Waals surface area contributed by atoms with E-state index in [1.165, 1.54) is 12.1 Å². The number of benzene rings is 1. The molecule has 0 bridgehead atoms. The van der Waals surface area contributed by atoms with Gasteiger partial charge in [0.25, 0.3) is 5.56 Å². The number of rotatable bonds is 2. The minimum atomic E-state index is -0.618. The number of anilines is 2. The zero-order chi connectivity index (χ0) is 15.0. The molecule has 0 amide bonds. The molecule has 2 aromatic heterocycles. The van der Waals surface area contributed by atoms with Crippen LogP contribution in [0.1, 0.15) is 5.82 Å². The molecule has 2 heterocycles. The third-order valence-electron chi connectivity index (χ3n) is 2.98. The zero-order valence-corrected chi connectivity index (χ0v) is 10.9. The van der Waals surface area contributed by atoms with E-state index in [1.54, 1.807) is 13.0 Å². The van der Waals surface area contributed by atoms with Crippen molar-refractivity contribution in [2.75, 3.05) is 5.32 Å². The van der Waals surface area contributed by atoms with Crippen LogP contribution in [0.2, 0.25) is 0 Å². The van der Waals surface area contributed by atoms with Crippen molar-refractivity contribution in [3.8, 4) is 0 Å². The van der Waals surface area contributed by atoms with E-state index in [9.17, 15) is 13.6 Å². The van der Waals surface area contributed by atoms with Crippen LogP contribution in [0.15, 0.2) is 35.4 Å². The van der Waals surface area contributed by atoms with E-state index >= 15 is 0 Å². The lowest BCUT2D eigenvalue weighted by Crippen LogP contribution is -2.07. The molecule has 3 rings (SSSR count). The number of H-pyrrole nitrogens is 1. The molecule has 3 aromatic rings. The zero-order valence-electron chi connectivity index (χ0n) is 10.9. The summed E-state index contributed by atoms with van der Waals surface area (Å²) in [4.78, 5) is 21.5. The molecule has 0 unspecified atom stereocenters. The van der Waals surface area contributed by atoms with Crippen LogP contribution in [0.25, 0.3) is 10.8 Å². The summed E-state index contributed by atoms with van der Waals surface area (Å²) < 4.78 is 27.3. The van der Waals surface area contributed by atoms with Gasteiger partial charge in [0.15, 0.2) is 11.6 Å². The number of hydrogen-bond acceptors (Lipinski definition) is 4. The molecule has 0 aliphatic carbocycles. The molecule has 21 heavy (non-hydrogen) atoms. The van der Waals surface area contributed by atoms with E-state index in [2.05, 4.69) is 20.3 Å². The van der Waals surface area contributed by atoms with Gasteiger partial charge in [-0.15, -0.1) is 0 Å². The van der Waals surface area contributed by atoms with Gasteiger partial charge in [-0.1, -0.05) is 0 Å². The van der Waals surface area contributed by atoms with Crippen molar-refractivity contribution in [1.29, 1.82) is 0 Å². The summed E-state index contributed by atoms with van der Waals surface area (Å²) in [7, 11) is 0. The Morgan fingerprint density at radius 3 is 2.81 bits per heavy atom. The Bertz CT molecular complexity index is 892. The number of hydrogen-bond donors (Lipinski definition) is 2. The average molecular weight is 288 g/mol. The Labute approximate surface area is 117 Å². The summed E-state index contributed by atoms with van der Waals surface area (Å²) in [5.74, 6) is -0.783. The van der Waals surface area contributed by atoms with Crippen molar-refractivity contribution in [3.63, 3.8) is 0 Å². The second-order valence-electron chi connectivity index (χ2n) is 4.46. The highest BCUT2D eigenvalue weighted by molar-refractivity contribution is 5.86. The van der Waals surface area contributed by atoms with E-state index < -0.39 is 11.6 Å². The molecule has 0 saturated heterocycles. The number of pyridine rings is 1. The van der Waals surface area contributed by atoms with Crippen LogP contribution in [-0.2, 0) is 0 Å². The van der Waals surface area contributed by atoms with Gasteiger partial charge in [-0.2, -0.15) is 0 Å². The Hall–Kier alpha value is -2.83. The minimum Gasteiger partial charge on any atom is -0.338 e. The maximum Gasteiger partial charge on any atom is 0.256 e. The van der Waals surface area contributed by atoms with Crippen molar-refractivity contribution >= 4 is 22.3 Å². The predicted molar refractivity (Wildman–Crippen MR) is 74.5 cm³/mol. The molecular weight excluding hydrogens is 278 g/mol. The van der Waals surface area contributed by atoms with Crippen LogP contribution in [0, 0.1) is 18.6 Å². The Morgan fingerprint density at radius 1 is 1.19 bits per heavy atom. The lowest BCUT2D eigenvalue weighted by molar-refractivity contribution is 0.616. The molecule has 0 saturated carbocycles. The predicted octanol–water partition coefficient (Wildman–Crippen LogP) is 2.65. The van der Waals surface area contributed by atoms with Crippen LogP contribution in [0.5, 0.6) is 0 Å². The third-order valence-corrected chi connectivity index (χ3v) is 2.98. The van der Waals surface area contributed by atoms with Crippen molar-refractivity contribution in [3.05, 3.63) is 58.4 Å². The Morgan fingerprint density at radius 2 is 2.00 bits per heavy atom. The van der Waals surface area contributed by atoms with Gasteiger partial charge in [0, 0.05) is 17.3 Å². The largest absolute Gasteiger partial charge is 0.338 e. The van der Waals surface area contributed by atoms with Gasteiger partial charge >= 0.3 is 0 Å². The molecule has 0 radical (unpaired) electrons. The summed E-state index contributed by atoms with van der Waals surface area (Å²) >= 11 is 0.